The first kappa shape index (κ1) is 14.0. The SMILES string of the molecule is CCn1cc(S(=O)(=O)N2CC(CC(=O)O)C2)nc1C. The minimum Gasteiger partial charge on any atom is -0.481 e. The molecule has 0 saturated carbocycles. The molecule has 7 nitrogen and oxygen atoms in total. The van der Waals surface area contributed by atoms with Crippen LogP contribution in [0.25, 0.3) is 0 Å². The number of nitrogens with zero attached hydrogens (tertiary/aromatic N) is 3. The molecule has 0 spiro atoms. The molecule has 2 rings (SSSR count). The molecule has 0 atom stereocenters. The summed E-state index contributed by atoms with van der Waals surface area (Å²) in [6.45, 7) is 4.85. The van der Waals surface area contributed by atoms with Gasteiger partial charge < -0.3 is 9.67 Å². The zero-order chi connectivity index (χ0) is 14.2. The van der Waals surface area contributed by atoms with E-state index in [0.717, 1.165) is 0 Å². The van der Waals surface area contributed by atoms with Crippen LogP contribution in [0.2, 0.25) is 0 Å². The molecule has 0 aliphatic carbocycles. The van der Waals surface area contributed by atoms with Gasteiger partial charge in [0.05, 0.1) is 6.42 Å². The standard InChI is InChI=1S/C11H17N3O4S/c1-3-13-7-10(12-8(13)2)19(17,18)14-5-9(6-14)4-11(15)16/h7,9H,3-6H2,1-2H3,(H,15,16). The van der Waals surface area contributed by atoms with E-state index in [2.05, 4.69) is 4.98 Å². The topological polar surface area (TPSA) is 92.5 Å². The van der Waals surface area contributed by atoms with Crippen molar-refractivity contribution in [3.8, 4) is 0 Å². The highest BCUT2D eigenvalue weighted by molar-refractivity contribution is 7.89. The third kappa shape index (κ3) is 2.64. The van der Waals surface area contributed by atoms with Crippen LogP contribution in [0.1, 0.15) is 19.2 Å². The summed E-state index contributed by atoms with van der Waals surface area (Å²) in [7, 11) is -3.57. The summed E-state index contributed by atoms with van der Waals surface area (Å²) in [5.41, 5.74) is 0. The maximum atomic E-state index is 12.2. The molecule has 1 N–H and O–H groups in total. The van der Waals surface area contributed by atoms with E-state index in [9.17, 15) is 13.2 Å². The Kier molecular flexibility index (Phi) is 3.64. The number of carboxylic acid groups (broad SMARTS) is 1. The Hall–Kier alpha value is -1.41. The first-order valence-corrected chi connectivity index (χ1v) is 7.54. The summed E-state index contributed by atoms with van der Waals surface area (Å²) < 4.78 is 27.5. The lowest BCUT2D eigenvalue weighted by atomic mass is 10.00. The van der Waals surface area contributed by atoms with Crippen LogP contribution in [0.5, 0.6) is 0 Å². The summed E-state index contributed by atoms with van der Waals surface area (Å²) in [6.07, 6.45) is 1.53. The first-order chi connectivity index (χ1) is 8.84. The van der Waals surface area contributed by atoms with Crippen LogP contribution in [-0.2, 0) is 21.4 Å². The van der Waals surface area contributed by atoms with Gasteiger partial charge in [-0.05, 0) is 19.8 Å². The van der Waals surface area contributed by atoms with E-state index in [-0.39, 0.29) is 30.5 Å². The van der Waals surface area contributed by atoms with Crippen LogP contribution in [0.3, 0.4) is 0 Å². The van der Waals surface area contributed by atoms with Gasteiger partial charge in [-0.3, -0.25) is 4.79 Å². The van der Waals surface area contributed by atoms with Crippen LogP contribution in [0.15, 0.2) is 11.2 Å². The van der Waals surface area contributed by atoms with Gasteiger partial charge in [0.15, 0.2) is 5.03 Å². The fourth-order valence-electron chi connectivity index (χ4n) is 2.15. The number of hydrogen-bond acceptors (Lipinski definition) is 4. The molecule has 1 fully saturated rings. The predicted molar refractivity (Wildman–Crippen MR) is 67.1 cm³/mol. The van der Waals surface area contributed by atoms with Gasteiger partial charge in [0, 0.05) is 25.8 Å². The second-order valence-corrected chi connectivity index (χ2v) is 6.58. The van der Waals surface area contributed by atoms with E-state index >= 15 is 0 Å². The molecule has 1 aliphatic heterocycles. The average Bonchev–Trinajstić information content (AvgIpc) is 2.64. The lowest BCUT2D eigenvalue weighted by molar-refractivity contribution is -0.139. The molecule has 1 aromatic heterocycles. The Morgan fingerprint density at radius 3 is 2.63 bits per heavy atom. The number of aryl methyl sites for hydroxylation is 2. The molecule has 106 valence electrons. The van der Waals surface area contributed by atoms with Gasteiger partial charge in [0.25, 0.3) is 10.0 Å². The largest absolute Gasteiger partial charge is 0.481 e. The zero-order valence-corrected chi connectivity index (χ0v) is 11.7. The third-order valence-corrected chi connectivity index (χ3v) is 4.99. The number of rotatable bonds is 5. The minimum absolute atomic E-state index is 0.00838. The number of imidazole rings is 1. The van der Waals surface area contributed by atoms with Gasteiger partial charge in [0.1, 0.15) is 5.82 Å². The van der Waals surface area contributed by atoms with Gasteiger partial charge in [0.2, 0.25) is 0 Å². The number of sulfonamides is 1. The van der Waals surface area contributed by atoms with E-state index < -0.39 is 16.0 Å². The van der Waals surface area contributed by atoms with Crippen molar-refractivity contribution >= 4 is 16.0 Å². The molecule has 1 aliphatic rings. The number of hydrogen-bond donors (Lipinski definition) is 1. The molecular formula is C11H17N3O4S. The van der Waals surface area contributed by atoms with Gasteiger partial charge in [-0.25, -0.2) is 13.4 Å². The van der Waals surface area contributed by atoms with E-state index in [1.807, 2.05) is 6.92 Å². The Bertz CT molecular complexity index is 587. The summed E-state index contributed by atoms with van der Waals surface area (Å²) in [6, 6.07) is 0. The maximum absolute atomic E-state index is 12.2. The van der Waals surface area contributed by atoms with Crippen LogP contribution < -0.4 is 0 Å². The molecule has 19 heavy (non-hydrogen) atoms. The Labute approximate surface area is 111 Å². The van der Waals surface area contributed by atoms with Crippen LogP contribution in [0.4, 0.5) is 0 Å². The monoisotopic (exact) mass is 287 g/mol. The van der Waals surface area contributed by atoms with Crippen LogP contribution in [0, 0.1) is 12.8 Å². The van der Waals surface area contributed by atoms with Gasteiger partial charge >= 0.3 is 5.97 Å². The van der Waals surface area contributed by atoms with Gasteiger partial charge in [-0.15, -0.1) is 0 Å². The van der Waals surface area contributed by atoms with Gasteiger partial charge in [-0.1, -0.05) is 0 Å². The molecule has 1 aromatic rings. The summed E-state index contributed by atoms with van der Waals surface area (Å²) in [5, 5.41) is 8.69. The first-order valence-electron chi connectivity index (χ1n) is 6.10. The van der Waals surface area contributed by atoms with Crippen molar-refractivity contribution in [2.75, 3.05) is 13.1 Å². The third-order valence-electron chi connectivity index (χ3n) is 3.29. The second kappa shape index (κ2) is 4.93. The second-order valence-electron chi connectivity index (χ2n) is 4.70. The average molecular weight is 287 g/mol. The van der Waals surface area contributed by atoms with E-state index in [1.165, 1.54) is 10.5 Å². The van der Waals surface area contributed by atoms with Crippen molar-refractivity contribution in [3.05, 3.63) is 12.0 Å². The van der Waals surface area contributed by atoms with Crippen molar-refractivity contribution in [2.24, 2.45) is 5.92 Å². The summed E-state index contributed by atoms with van der Waals surface area (Å²) in [5.74, 6) is -0.335. The van der Waals surface area contributed by atoms with E-state index in [4.69, 9.17) is 5.11 Å². The lowest BCUT2D eigenvalue weighted by Crippen LogP contribution is -2.50. The lowest BCUT2D eigenvalue weighted by Gasteiger charge is -2.36. The minimum atomic E-state index is -3.57. The molecule has 0 unspecified atom stereocenters. The fraction of sp³-hybridized carbons (Fsp3) is 0.636. The summed E-state index contributed by atoms with van der Waals surface area (Å²) in [4.78, 5) is 14.6. The highest BCUT2D eigenvalue weighted by Gasteiger charge is 2.38. The maximum Gasteiger partial charge on any atom is 0.303 e. The van der Waals surface area contributed by atoms with E-state index in [1.54, 1.807) is 11.5 Å². The van der Waals surface area contributed by atoms with Crippen molar-refractivity contribution in [1.82, 2.24) is 13.9 Å². The smallest absolute Gasteiger partial charge is 0.303 e. The molecular weight excluding hydrogens is 270 g/mol. The Balaban J connectivity index is 2.09. The van der Waals surface area contributed by atoms with Crippen molar-refractivity contribution in [1.29, 1.82) is 0 Å². The molecule has 0 radical (unpaired) electrons. The Morgan fingerprint density at radius 1 is 1.53 bits per heavy atom. The predicted octanol–water partition coefficient (Wildman–Crippen LogP) is 0.307. The Morgan fingerprint density at radius 2 is 2.16 bits per heavy atom. The van der Waals surface area contributed by atoms with Crippen molar-refractivity contribution < 1.29 is 18.3 Å². The normalized spacial score (nSPS) is 17.4. The molecule has 2 heterocycles. The molecule has 0 aromatic carbocycles. The highest BCUT2D eigenvalue weighted by atomic mass is 32.2. The van der Waals surface area contributed by atoms with Crippen LogP contribution in [-0.4, -0.2) is 46.4 Å². The van der Waals surface area contributed by atoms with Crippen molar-refractivity contribution in [2.45, 2.75) is 31.8 Å². The van der Waals surface area contributed by atoms with Crippen molar-refractivity contribution in [3.63, 3.8) is 0 Å². The quantitative estimate of drug-likeness (QED) is 0.841. The number of carbonyl (C=O) groups is 1. The zero-order valence-electron chi connectivity index (χ0n) is 10.9. The number of aromatic nitrogens is 2. The molecule has 0 amide bonds. The molecule has 0 bridgehead atoms. The molecule has 1 saturated heterocycles. The van der Waals surface area contributed by atoms with Crippen LogP contribution >= 0.6 is 0 Å². The summed E-state index contributed by atoms with van der Waals surface area (Å²) >= 11 is 0. The fourth-order valence-corrected chi connectivity index (χ4v) is 3.74. The molecule has 8 heteroatoms. The highest BCUT2D eigenvalue weighted by Crippen LogP contribution is 2.26. The van der Waals surface area contributed by atoms with Gasteiger partial charge in [-0.2, -0.15) is 4.31 Å². The van der Waals surface area contributed by atoms with E-state index in [0.29, 0.717) is 12.4 Å². The number of carboxylic acids is 1. The number of aliphatic carboxylic acids is 1.